The molecule has 0 aromatic heterocycles. The maximum absolute atomic E-state index is 9.91. The van der Waals surface area contributed by atoms with E-state index in [1.54, 1.807) is 0 Å². The van der Waals surface area contributed by atoms with Crippen molar-refractivity contribution in [1.82, 2.24) is 10.6 Å². The van der Waals surface area contributed by atoms with Crippen LogP contribution in [0.3, 0.4) is 0 Å². The van der Waals surface area contributed by atoms with Gasteiger partial charge in [-0.2, -0.15) is 0 Å². The smallest absolute Gasteiger partial charge is 0.119 e. The van der Waals surface area contributed by atoms with Gasteiger partial charge in [0.1, 0.15) is 48.4 Å². The molecule has 0 fully saturated rings. The molecule has 8 heteroatoms. The topological polar surface area (TPSA) is 101 Å². The van der Waals surface area contributed by atoms with Gasteiger partial charge >= 0.3 is 0 Å². The van der Waals surface area contributed by atoms with Crippen LogP contribution >= 0.6 is 0 Å². The van der Waals surface area contributed by atoms with E-state index < -0.39 is 12.2 Å². The van der Waals surface area contributed by atoms with E-state index >= 15 is 0 Å². The molecule has 0 aliphatic rings. The zero-order chi connectivity index (χ0) is 25.5. The van der Waals surface area contributed by atoms with Gasteiger partial charge in [0.2, 0.25) is 0 Å². The molecule has 196 valence electrons. The Balaban J connectivity index is 1.57. The number of aliphatic hydroxyl groups excluding tert-OH is 2. The van der Waals surface area contributed by atoms with E-state index in [0.717, 1.165) is 17.9 Å². The Bertz CT molecular complexity index is 731. The zero-order valence-electron chi connectivity index (χ0n) is 21.4. The highest BCUT2D eigenvalue weighted by Gasteiger charge is 2.07. The van der Waals surface area contributed by atoms with Crippen molar-refractivity contribution in [3.8, 4) is 23.0 Å². The van der Waals surface area contributed by atoms with Crippen LogP contribution in [0.2, 0.25) is 0 Å². The van der Waals surface area contributed by atoms with Crippen LogP contribution in [0.5, 0.6) is 23.0 Å². The summed E-state index contributed by atoms with van der Waals surface area (Å²) in [6.45, 7) is 10.7. The fourth-order valence-electron chi connectivity index (χ4n) is 2.95. The molecule has 0 aliphatic carbocycles. The fourth-order valence-corrected chi connectivity index (χ4v) is 2.95. The largest absolute Gasteiger partial charge is 0.493 e. The number of hydrogen-bond donors (Lipinski definition) is 4. The van der Waals surface area contributed by atoms with E-state index in [1.807, 2.05) is 76.2 Å². The predicted octanol–water partition coefficient (Wildman–Crippen LogP) is 3.01. The number of ether oxygens (including phenoxy) is 4. The van der Waals surface area contributed by atoms with Crippen molar-refractivity contribution in [3.63, 3.8) is 0 Å². The quantitative estimate of drug-likeness (QED) is 0.237. The number of hydrogen-bond acceptors (Lipinski definition) is 8. The first kappa shape index (κ1) is 28.7. The minimum Gasteiger partial charge on any atom is -0.493 e. The van der Waals surface area contributed by atoms with Gasteiger partial charge in [-0.05, 0) is 48.5 Å². The third-order valence-corrected chi connectivity index (χ3v) is 4.88. The lowest BCUT2D eigenvalue weighted by Crippen LogP contribution is -2.35. The summed E-state index contributed by atoms with van der Waals surface area (Å²) in [6, 6.07) is 15.4. The van der Waals surface area contributed by atoms with Crippen LogP contribution < -0.4 is 29.6 Å². The van der Waals surface area contributed by atoms with Gasteiger partial charge in [0.25, 0.3) is 0 Å². The molecule has 2 aromatic carbocycles. The van der Waals surface area contributed by atoms with Crippen LogP contribution in [0.15, 0.2) is 48.5 Å². The van der Waals surface area contributed by atoms with E-state index in [0.29, 0.717) is 49.9 Å². The summed E-state index contributed by atoms with van der Waals surface area (Å²) in [7, 11) is 0. The average Bonchev–Trinajstić information content (AvgIpc) is 2.85. The highest BCUT2D eigenvalue weighted by atomic mass is 16.5. The first-order valence-corrected chi connectivity index (χ1v) is 12.4. The first-order chi connectivity index (χ1) is 16.8. The van der Waals surface area contributed by atoms with Gasteiger partial charge in [-0.25, -0.2) is 0 Å². The molecule has 2 aromatic rings. The van der Waals surface area contributed by atoms with Crippen molar-refractivity contribution in [1.29, 1.82) is 0 Å². The Labute approximate surface area is 209 Å². The molecule has 0 bridgehead atoms. The molecule has 0 heterocycles. The second kappa shape index (κ2) is 16.2. The van der Waals surface area contributed by atoms with Crippen molar-refractivity contribution in [2.45, 2.75) is 58.4 Å². The highest BCUT2D eigenvalue weighted by Crippen LogP contribution is 2.19. The van der Waals surface area contributed by atoms with Crippen LogP contribution in [0, 0.1) is 0 Å². The molecule has 0 amide bonds. The lowest BCUT2D eigenvalue weighted by Gasteiger charge is -2.15. The number of benzene rings is 2. The molecule has 0 radical (unpaired) electrons. The Morgan fingerprint density at radius 1 is 0.571 bits per heavy atom. The minimum absolute atomic E-state index is 0.238. The number of rotatable bonds is 18. The molecule has 35 heavy (non-hydrogen) atoms. The summed E-state index contributed by atoms with van der Waals surface area (Å²) < 4.78 is 22.7. The zero-order valence-corrected chi connectivity index (χ0v) is 21.4. The maximum atomic E-state index is 9.91. The van der Waals surface area contributed by atoms with Gasteiger partial charge in [0.05, 0.1) is 13.2 Å². The molecule has 4 N–H and O–H groups in total. The van der Waals surface area contributed by atoms with Crippen molar-refractivity contribution in [3.05, 3.63) is 48.5 Å². The van der Waals surface area contributed by atoms with Crippen molar-refractivity contribution < 1.29 is 29.2 Å². The van der Waals surface area contributed by atoms with E-state index in [4.69, 9.17) is 18.9 Å². The lowest BCUT2D eigenvalue weighted by atomic mass is 10.3. The molecule has 0 saturated heterocycles. The van der Waals surface area contributed by atoms with Gasteiger partial charge in [0.15, 0.2) is 0 Å². The van der Waals surface area contributed by atoms with Crippen molar-refractivity contribution in [2.75, 3.05) is 39.5 Å². The van der Waals surface area contributed by atoms with E-state index in [1.165, 1.54) is 0 Å². The van der Waals surface area contributed by atoms with Gasteiger partial charge < -0.3 is 39.8 Å². The monoisotopic (exact) mass is 490 g/mol. The van der Waals surface area contributed by atoms with Gasteiger partial charge in [-0.3, -0.25) is 0 Å². The third kappa shape index (κ3) is 13.2. The lowest BCUT2D eigenvalue weighted by molar-refractivity contribution is 0.104. The van der Waals surface area contributed by atoms with Crippen LogP contribution in [-0.2, 0) is 0 Å². The standard InChI is InChI=1S/C27H42N2O6/c1-20(2)28-16-22(30)18-34-26-10-6-24(7-11-26)32-14-5-15-33-25-8-12-27(13-9-25)35-19-23(31)17-29-21(3)4/h6-13,20-23,28-31H,5,14-19H2,1-4H3/t22-,23-/m0/s1. The Hall–Kier alpha value is -2.52. The summed E-state index contributed by atoms with van der Waals surface area (Å²) in [5.74, 6) is 2.90. The second-order valence-electron chi connectivity index (χ2n) is 9.05. The Morgan fingerprint density at radius 3 is 1.20 bits per heavy atom. The molecule has 0 aliphatic heterocycles. The maximum Gasteiger partial charge on any atom is 0.119 e. The first-order valence-electron chi connectivity index (χ1n) is 12.4. The molecule has 2 rings (SSSR count). The van der Waals surface area contributed by atoms with Gasteiger partial charge in [0, 0.05) is 31.6 Å². The molecule has 0 saturated carbocycles. The van der Waals surface area contributed by atoms with Crippen LogP contribution in [-0.4, -0.2) is 74.0 Å². The fraction of sp³-hybridized carbons (Fsp3) is 0.556. The normalized spacial score (nSPS) is 13.0. The van der Waals surface area contributed by atoms with E-state index in [2.05, 4.69) is 10.6 Å². The summed E-state index contributed by atoms with van der Waals surface area (Å²) in [5, 5.41) is 26.2. The molecule has 0 spiro atoms. The molecule has 2 atom stereocenters. The summed E-state index contributed by atoms with van der Waals surface area (Å²) >= 11 is 0. The van der Waals surface area contributed by atoms with Crippen LogP contribution in [0.25, 0.3) is 0 Å². The van der Waals surface area contributed by atoms with Crippen molar-refractivity contribution >= 4 is 0 Å². The summed E-state index contributed by atoms with van der Waals surface area (Å²) in [5.41, 5.74) is 0. The second-order valence-corrected chi connectivity index (χ2v) is 9.05. The van der Waals surface area contributed by atoms with Gasteiger partial charge in [-0.15, -0.1) is 0 Å². The van der Waals surface area contributed by atoms with E-state index in [9.17, 15) is 10.2 Å². The van der Waals surface area contributed by atoms with E-state index in [-0.39, 0.29) is 13.2 Å². The van der Waals surface area contributed by atoms with Gasteiger partial charge in [-0.1, -0.05) is 27.7 Å². The third-order valence-electron chi connectivity index (χ3n) is 4.88. The van der Waals surface area contributed by atoms with Crippen LogP contribution in [0.1, 0.15) is 34.1 Å². The molecule has 0 unspecified atom stereocenters. The molecule has 8 nitrogen and oxygen atoms in total. The van der Waals surface area contributed by atoms with Crippen LogP contribution in [0.4, 0.5) is 0 Å². The van der Waals surface area contributed by atoms with Crippen molar-refractivity contribution in [2.24, 2.45) is 0 Å². The summed E-state index contributed by atoms with van der Waals surface area (Å²) in [6.07, 6.45) is -0.371. The Kier molecular flexibility index (Phi) is 13.3. The Morgan fingerprint density at radius 2 is 0.886 bits per heavy atom. The summed E-state index contributed by atoms with van der Waals surface area (Å²) in [4.78, 5) is 0. The average molecular weight is 491 g/mol. The SMILES string of the molecule is CC(C)NC[C@H](O)COc1ccc(OCCCOc2ccc(OC[C@@H](O)CNC(C)C)cc2)cc1. The molecular weight excluding hydrogens is 448 g/mol. The predicted molar refractivity (Wildman–Crippen MR) is 138 cm³/mol. The highest BCUT2D eigenvalue weighted by molar-refractivity contribution is 5.32. The number of nitrogens with one attached hydrogen (secondary N) is 2. The minimum atomic E-state index is -0.554. The number of aliphatic hydroxyl groups is 2. The molecular formula is C27H42N2O6.